The lowest BCUT2D eigenvalue weighted by atomic mass is 10.1. The number of carbonyl (C=O) groups is 1. The zero-order valence-corrected chi connectivity index (χ0v) is 16.2. The Morgan fingerprint density at radius 1 is 1.24 bits per heavy atom. The van der Waals surface area contributed by atoms with E-state index in [2.05, 4.69) is 11.6 Å². The summed E-state index contributed by atoms with van der Waals surface area (Å²) in [6.07, 6.45) is 7.96. The lowest BCUT2D eigenvalue weighted by Crippen LogP contribution is -2.22. The minimum Gasteiger partial charge on any atom is -0.489 e. The van der Waals surface area contributed by atoms with Crippen molar-refractivity contribution in [2.45, 2.75) is 19.8 Å². The van der Waals surface area contributed by atoms with Gasteiger partial charge in [-0.15, -0.1) is 0 Å². The van der Waals surface area contributed by atoms with E-state index in [1.807, 2.05) is 37.3 Å². The first-order valence-electron chi connectivity index (χ1n) is 9.34. The number of fused-ring (bicyclic) bond motifs is 1. The predicted octanol–water partition coefficient (Wildman–Crippen LogP) is 4.08. The van der Waals surface area contributed by atoms with Gasteiger partial charge < -0.3 is 9.84 Å². The van der Waals surface area contributed by atoms with Crippen LogP contribution in [0.4, 0.5) is 0 Å². The molecule has 2 aromatic heterocycles. The molecule has 6 heteroatoms. The number of nitrogens with zero attached hydrogens (tertiary/aromatic N) is 2. The van der Waals surface area contributed by atoms with E-state index < -0.39 is 5.97 Å². The van der Waals surface area contributed by atoms with Crippen molar-refractivity contribution in [3.05, 3.63) is 88.0 Å². The van der Waals surface area contributed by atoms with Crippen LogP contribution in [0.2, 0.25) is 0 Å². The molecule has 2 heterocycles. The average Bonchev–Trinajstić information content (AvgIpc) is 2.73. The molecule has 0 saturated carbocycles. The van der Waals surface area contributed by atoms with E-state index in [1.54, 1.807) is 18.2 Å². The highest BCUT2D eigenvalue weighted by molar-refractivity contribution is 5.87. The second-order valence-electron chi connectivity index (χ2n) is 6.45. The molecule has 0 atom stereocenters. The molecule has 0 saturated heterocycles. The number of para-hydroxylation sites is 1. The van der Waals surface area contributed by atoms with Crippen molar-refractivity contribution in [2.75, 3.05) is 6.61 Å². The molecule has 3 aromatic rings. The van der Waals surface area contributed by atoms with Gasteiger partial charge in [0.25, 0.3) is 5.56 Å². The summed E-state index contributed by atoms with van der Waals surface area (Å²) in [5, 5.41) is 9.20. The van der Waals surface area contributed by atoms with Crippen molar-refractivity contribution < 1.29 is 14.6 Å². The number of benzene rings is 1. The van der Waals surface area contributed by atoms with Crippen molar-refractivity contribution in [3.63, 3.8) is 0 Å². The summed E-state index contributed by atoms with van der Waals surface area (Å²) in [7, 11) is 0. The highest BCUT2D eigenvalue weighted by atomic mass is 16.5. The zero-order chi connectivity index (χ0) is 20.8. The van der Waals surface area contributed by atoms with Crippen LogP contribution in [0.3, 0.4) is 0 Å². The van der Waals surface area contributed by atoms with Crippen LogP contribution >= 0.6 is 0 Å². The van der Waals surface area contributed by atoms with Gasteiger partial charge >= 0.3 is 5.97 Å². The quantitative estimate of drug-likeness (QED) is 0.586. The number of aromatic carboxylic acids is 1. The summed E-state index contributed by atoms with van der Waals surface area (Å²) in [5.74, 6) is -0.375. The lowest BCUT2D eigenvalue weighted by molar-refractivity contribution is 0.0696. The van der Waals surface area contributed by atoms with Gasteiger partial charge in [-0.1, -0.05) is 44.2 Å². The SMILES string of the molecule is C=CCOc1ccccc1/C=C/c1nc2ccc(C(=O)O)cn2c(=O)c1CCC. The van der Waals surface area contributed by atoms with Crippen molar-refractivity contribution >= 4 is 23.8 Å². The fourth-order valence-electron chi connectivity index (χ4n) is 3.01. The number of rotatable bonds is 8. The summed E-state index contributed by atoms with van der Waals surface area (Å²) in [5.41, 5.74) is 2.17. The number of aromatic nitrogens is 2. The topological polar surface area (TPSA) is 80.9 Å². The fraction of sp³-hybridized carbons (Fsp3) is 0.174. The van der Waals surface area contributed by atoms with Gasteiger partial charge in [0, 0.05) is 17.3 Å². The van der Waals surface area contributed by atoms with Crippen LogP contribution in [0.5, 0.6) is 5.75 Å². The molecule has 0 unspecified atom stereocenters. The van der Waals surface area contributed by atoms with E-state index in [-0.39, 0.29) is 11.1 Å². The Kier molecular flexibility index (Phi) is 6.24. The van der Waals surface area contributed by atoms with Gasteiger partial charge in [-0.25, -0.2) is 9.78 Å². The monoisotopic (exact) mass is 390 g/mol. The molecule has 0 aliphatic carbocycles. The van der Waals surface area contributed by atoms with Gasteiger partial charge in [-0.3, -0.25) is 9.20 Å². The lowest BCUT2D eigenvalue weighted by Gasteiger charge is -2.09. The first kappa shape index (κ1) is 20.1. The van der Waals surface area contributed by atoms with E-state index >= 15 is 0 Å². The second-order valence-corrected chi connectivity index (χ2v) is 6.45. The zero-order valence-electron chi connectivity index (χ0n) is 16.2. The Bertz CT molecular complexity index is 1150. The van der Waals surface area contributed by atoms with Crippen LogP contribution in [0.1, 0.15) is 40.5 Å². The molecule has 3 rings (SSSR count). The molecule has 0 radical (unpaired) electrons. The summed E-state index contributed by atoms with van der Waals surface area (Å²) < 4.78 is 6.97. The number of carboxylic acid groups (broad SMARTS) is 1. The average molecular weight is 390 g/mol. The van der Waals surface area contributed by atoms with Crippen LogP contribution in [-0.4, -0.2) is 27.1 Å². The minimum absolute atomic E-state index is 0.0421. The third-order valence-electron chi connectivity index (χ3n) is 4.39. The molecule has 6 nitrogen and oxygen atoms in total. The van der Waals surface area contributed by atoms with E-state index in [0.29, 0.717) is 35.7 Å². The van der Waals surface area contributed by atoms with Crippen LogP contribution in [-0.2, 0) is 6.42 Å². The molecular weight excluding hydrogens is 368 g/mol. The summed E-state index contributed by atoms with van der Waals surface area (Å²) in [4.78, 5) is 28.8. The standard InChI is InChI=1S/C23H22N2O4/c1-3-7-18-19(12-10-16-8-5-6-9-20(16)29-14-4-2)24-21-13-11-17(23(27)28)15-25(21)22(18)26/h4-6,8-13,15H,2-3,7,14H2,1H3,(H,27,28)/b12-10+. The van der Waals surface area contributed by atoms with Gasteiger partial charge in [0.15, 0.2) is 0 Å². The van der Waals surface area contributed by atoms with E-state index in [0.717, 1.165) is 12.0 Å². The molecule has 0 aliphatic heterocycles. The first-order chi connectivity index (χ1) is 14.0. The Morgan fingerprint density at radius 3 is 2.76 bits per heavy atom. The molecular formula is C23H22N2O4. The number of hydrogen-bond acceptors (Lipinski definition) is 4. The van der Waals surface area contributed by atoms with Crippen LogP contribution in [0, 0.1) is 0 Å². The molecule has 0 fully saturated rings. The predicted molar refractivity (Wildman–Crippen MR) is 113 cm³/mol. The number of ether oxygens (including phenoxy) is 1. The highest BCUT2D eigenvalue weighted by Gasteiger charge is 2.12. The number of pyridine rings is 1. The third kappa shape index (κ3) is 4.43. The van der Waals surface area contributed by atoms with E-state index in [4.69, 9.17) is 4.74 Å². The van der Waals surface area contributed by atoms with Gasteiger partial charge in [0.05, 0.1) is 11.3 Å². The maximum Gasteiger partial charge on any atom is 0.337 e. The molecule has 148 valence electrons. The maximum absolute atomic E-state index is 13.0. The number of hydrogen-bond donors (Lipinski definition) is 1. The Balaban J connectivity index is 2.09. The second kappa shape index (κ2) is 9.01. The van der Waals surface area contributed by atoms with Crippen molar-refractivity contribution in [2.24, 2.45) is 0 Å². The van der Waals surface area contributed by atoms with E-state index in [1.165, 1.54) is 16.7 Å². The maximum atomic E-state index is 13.0. The Hall–Kier alpha value is -3.67. The summed E-state index contributed by atoms with van der Waals surface area (Å²) in [6, 6.07) is 10.6. The van der Waals surface area contributed by atoms with E-state index in [9.17, 15) is 14.7 Å². The third-order valence-corrected chi connectivity index (χ3v) is 4.39. The van der Waals surface area contributed by atoms with Crippen LogP contribution in [0.15, 0.2) is 60.0 Å². The molecule has 1 N–H and O–H groups in total. The first-order valence-corrected chi connectivity index (χ1v) is 9.34. The normalized spacial score (nSPS) is 11.1. The summed E-state index contributed by atoms with van der Waals surface area (Å²) in [6.45, 7) is 6.04. The van der Waals surface area contributed by atoms with Gasteiger partial charge in [-0.2, -0.15) is 0 Å². The van der Waals surface area contributed by atoms with Crippen molar-refractivity contribution in [1.82, 2.24) is 9.38 Å². The van der Waals surface area contributed by atoms with Gasteiger partial charge in [0.1, 0.15) is 18.0 Å². The van der Waals surface area contributed by atoms with Crippen molar-refractivity contribution in [3.8, 4) is 5.75 Å². The number of carboxylic acids is 1. The van der Waals surface area contributed by atoms with Crippen molar-refractivity contribution in [1.29, 1.82) is 0 Å². The van der Waals surface area contributed by atoms with Gasteiger partial charge in [-0.05, 0) is 36.8 Å². The summed E-state index contributed by atoms with van der Waals surface area (Å²) >= 11 is 0. The Labute approximate surface area is 168 Å². The fourth-order valence-corrected chi connectivity index (χ4v) is 3.01. The molecule has 0 spiro atoms. The molecule has 0 aliphatic rings. The van der Waals surface area contributed by atoms with Gasteiger partial charge in [0.2, 0.25) is 0 Å². The Morgan fingerprint density at radius 2 is 2.03 bits per heavy atom. The van der Waals surface area contributed by atoms with Crippen LogP contribution < -0.4 is 10.3 Å². The molecule has 29 heavy (non-hydrogen) atoms. The molecule has 0 amide bonds. The molecule has 0 bridgehead atoms. The van der Waals surface area contributed by atoms with Crippen LogP contribution in [0.25, 0.3) is 17.8 Å². The minimum atomic E-state index is -1.09. The smallest absolute Gasteiger partial charge is 0.337 e. The highest BCUT2D eigenvalue weighted by Crippen LogP contribution is 2.21. The molecule has 1 aromatic carbocycles. The largest absolute Gasteiger partial charge is 0.489 e.